The predicted octanol–water partition coefficient (Wildman–Crippen LogP) is 10.3. The Morgan fingerprint density at radius 3 is 1.90 bits per heavy atom. The molecule has 0 aromatic carbocycles. The smallest absolute Gasteiger partial charge is 0.0326 e. The molecule has 2 rings (SSSR count). The zero-order chi connectivity index (χ0) is 22.6. The molecular formula is C29H60. The largest absolute Gasteiger partial charge is 0.0683 e. The molecule has 0 N–H and O–H groups in total. The van der Waals surface area contributed by atoms with E-state index in [1.165, 1.54) is 51.4 Å². The van der Waals surface area contributed by atoms with Crippen LogP contribution in [0.2, 0.25) is 0 Å². The van der Waals surface area contributed by atoms with E-state index >= 15 is 0 Å². The summed E-state index contributed by atoms with van der Waals surface area (Å²) in [7, 11) is 0. The third-order valence-electron chi connectivity index (χ3n) is 8.36. The Morgan fingerprint density at radius 1 is 0.793 bits per heavy atom. The fraction of sp³-hybridized carbons (Fsp3) is 1.00. The van der Waals surface area contributed by atoms with Gasteiger partial charge < -0.3 is 0 Å². The minimum absolute atomic E-state index is 0.835. The van der Waals surface area contributed by atoms with E-state index in [2.05, 4.69) is 48.5 Å². The van der Waals surface area contributed by atoms with Crippen molar-refractivity contribution in [2.75, 3.05) is 0 Å². The van der Waals surface area contributed by atoms with E-state index in [1.54, 1.807) is 6.42 Å². The van der Waals surface area contributed by atoms with Crippen LogP contribution in [0.25, 0.3) is 0 Å². The molecule has 0 nitrogen and oxygen atoms in total. The van der Waals surface area contributed by atoms with Crippen LogP contribution in [0.1, 0.15) is 134 Å². The molecule has 2 aliphatic carbocycles. The van der Waals surface area contributed by atoms with Gasteiger partial charge in [-0.25, -0.2) is 0 Å². The normalized spacial score (nSPS) is 28.6. The first-order valence-corrected chi connectivity index (χ1v) is 13.9. The Labute approximate surface area is 187 Å². The average Bonchev–Trinajstić information content (AvgIpc) is 3.43. The molecule has 0 amide bonds. The molecule has 0 aromatic heterocycles. The van der Waals surface area contributed by atoms with E-state index < -0.39 is 0 Å². The summed E-state index contributed by atoms with van der Waals surface area (Å²) in [6, 6.07) is 0. The van der Waals surface area contributed by atoms with Crippen molar-refractivity contribution in [2.24, 2.45) is 53.3 Å². The van der Waals surface area contributed by atoms with Crippen LogP contribution in [0, 0.1) is 53.3 Å². The van der Waals surface area contributed by atoms with E-state index in [-0.39, 0.29) is 0 Å². The van der Waals surface area contributed by atoms with E-state index in [9.17, 15) is 0 Å². The van der Waals surface area contributed by atoms with Crippen molar-refractivity contribution in [1.29, 1.82) is 0 Å². The van der Waals surface area contributed by atoms with Gasteiger partial charge in [-0.2, -0.15) is 0 Å². The lowest BCUT2D eigenvalue weighted by Crippen LogP contribution is -2.36. The maximum atomic E-state index is 2.62. The lowest BCUT2D eigenvalue weighted by atomic mass is 9.62. The second kappa shape index (κ2) is 15.8. The molecule has 0 aromatic rings. The zero-order valence-corrected chi connectivity index (χ0v) is 22.6. The van der Waals surface area contributed by atoms with Gasteiger partial charge in [0.1, 0.15) is 0 Å². The molecule has 0 saturated heterocycles. The summed E-state index contributed by atoms with van der Waals surface area (Å²) in [5, 5.41) is 0. The van der Waals surface area contributed by atoms with E-state index in [4.69, 9.17) is 0 Å². The molecule has 8 unspecified atom stereocenters. The summed E-state index contributed by atoms with van der Waals surface area (Å²) < 4.78 is 0. The standard InChI is InChI=1S/C25H48.2C2H6/c1-8-11-13-22-23-16-24(23)25(22)18(6)14-21(19(7)17(4)5)15-20(10-3)12-9-2;2*1-2/h17-25H,8-16H2,1-7H3;2*1-2H3. The minimum Gasteiger partial charge on any atom is -0.0683 e. The summed E-state index contributed by atoms with van der Waals surface area (Å²) in [6.45, 7) is 25.2. The molecule has 29 heavy (non-hydrogen) atoms. The van der Waals surface area contributed by atoms with Crippen molar-refractivity contribution in [3.05, 3.63) is 0 Å². The van der Waals surface area contributed by atoms with Crippen LogP contribution in [-0.4, -0.2) is 0 Å². The minimum atomic E-state index is 0.835. The van der Waals surface area contributed by atoms with Crippen LogP contribution >= 0.6 is 0 Å². The van der Waals surface area contributed by atoms with Crippen LogP contribution in [0.3, 0.4) is 0 Å². The highest BCUT2D eigenvalue weighted by Crippen LogP contribution is 2.68. The third-order valence-corrected chi connectivity index (χ3v) is 8.36. The second-order valence-corrected chi connectivity index (χ2v) is 10.3. The molecular weight excluding hydrogens is 348 g/mol. The van der Waals surface area contributed by atoms with Gasteiger partial charge >= 0.3 is 0 Å². The van der Waals surface area contributed by atoms with Crippen molar-refractivity contribution in [3.8, 4) is 0 Å². The van der Waals surface area contributed by atoms with Crippen molar-refractivity contribution >= 4 is 0 Å². The van der Waals surface area contributed by atoms with Crippen LogP contribution in [0.15, 0.2) is 0 Å². The van der Waals surface area contributed by atoms with Gasteiger partial charge in [-0.3, -0.25) is 0 Å². The van der Waals surface area contributed by atoms with Gasteiger partial charge in [0, 0.05) is 0 Å². The van der Waals surface area contributed by atoms with Crippen LogP contribution < -0.4 is 0 Å². The number of hydrogen-bond donors (Lipinski definition) is 0. The van der Waals surface area contributed by atoms with E-state index in [0.29, 0.717) is 0 Å². The van der Waals surface area contributed by atoms with Gasteiger partial charge in [-0.15, -0.1) is 0 Å². The van der Waals surface area contributed by atoms with Gasteiger partial charge in [0.2, 0.25) is 0 Å². The highest BCUT2D eigenvalue weighted by molar-refractivity contribution is 5.09. The molecule has 2 fully saturated rings. The Kier molecular flexibility index (Phi) is 15.8. The lowest BCUT2D eigenvalue weighted by molar-refractivity contribution is 0.0573. The van der Waals surface area contributed by atoms with Crippen LogP contribution in [0.5, 0.6) is 0 Å². The monoisotopic (exact) mass is 408 g/mol. The Balaban J connectivity index is 0.00000184. The molecule has 2 saturated carbocycles. The van der Waals surface area contributed by atoms with Gasteiger partial charge in [0.15, 0.2) is 0 Å². The summed E-state index contributed by atoms with van der Waals surface area (Å²) in [6.07, 6.45) is 13.2. The van der Waals surface area contributed by atoms with E-state index in [0.717, 1.165) is 53.3 Å². The van der Waals surface area contributed by atoms with Crippen LogP contribution in [0.4, 0.5) is 0 Å². The highest BCUT2D eigenvalue weighted by atomic mass is 14.7. The Bertz CT molecular complexity index is 370. The van der Waals surface area contributed by atoms with Crippen molar-refractivity contribution < 1.29 is 0 Å². The molecule has 0 aliphatic heterocycles. The molecule has 0 spiro atoms. The SMILES string of the molecule is CC.CC.CCCCC1C2CC2C1C(C)CC(CC(CC)CCC)C(C)C(C)C. The molecule has 176 valence electrons. The first-order chi connectivity index (χ1) is 13.9. The number of rotatable bonds is 13. The van der Waals surface area contributed by atoms with Crippen LogP contribution in [-0.2, 0) is 0 Å². The Hall–Kier alpha value is 0. The number of fused-ring (bicyclic) bond motifs is 1. The van der Waals surface area contributed by atoms with Gasteiger partial charge in [0.25, 0.3) is 0 Å². The number of hydrogen-bond acceptors (Lipinski definition) is 0. The third kappa shape index (κ3) is 8.57. The van der Waals surface area contributed by atoms with Gasteiger partial charge in [-0.1, -0.05) is 108 Å². The summed E-state index contributed by atoms with van der Waals surface area (Å²) in [5.74, 6) is 9.10. The molecule has 0 bridgehead atoms. The zero-order valence-electron chi connectivity index (χ0n) is 22.6. The lowest BCUT2D eigenvalue weighted by Gasteiger charge is -2.43. The summed E-state index contributed by atoms with van der Waals surface area (Å²) in [4.78, 5) is 0. The fourth-order valence-corrected chi connectivity index (χ4v) is 6.35. The topological polar surface area (TPSA) is 0 Å². The maximum absolute atomic E-state index is 2.62. The average molecular weight is 409 g/mol. The summed E-state index contributed by atoms with van der Waals surface area (Å²) in [5.41, 5.74) is 0. The molecule has 0 heterocycles. The van der Waals surface area contributed by atoms with Crippen molar-refractivity contribution in [3.63, 3.8) is 0 Å². The second-order valence-electron chi connectivity index (χ2n) is 10.3. The van der Waals surface area contributed by atoms with Gasteiger partial charge in [-0.05, 0) is 78.9 Å². The molecule has 2 aliphatic rings. The molecule has 8 atom stereocenters. The fourth-order valence-electron chi connectivity index (χ4n) is 6.35. The summed E-state index contributed by atoms with van der Waals surface area (Å²) >= 11 is 0. The first kappa shape index (κ1) is 29.0. The van der Waals surface area contributed by atoms with E-state index in [1.807, 2.05) is 27.7 Å². The highest BCUT2D eigenvalue weighted by Gasteiger charge is 2.61. The molecule has 0 heteroatoms. The Morgan fingerprint density at radius 2 is 1.41 bits per heavy atom. The quantitative estimate of drug-likeness (QED) is 0.284. The number of unbranched alkanes of at least 4 members (excludes halogenated alkanes) is 1. The van der Waals surface area contributed by atoms with Crippen molar-refractivity contribution in [1.82, 2.24) is 0 Å². The predicted molar refractivity (Wildman–Crippen MR) is 135 cm³/mol. The molecule has 0 radical (unpaired) electrons. The van der Waals surface area contributed by atoms with Gasteiger partial charge in [0.05, 0.1) is 0 Å². The maximum Gasteiger partial charge on any atom is -0.0326 e. The van der Waals surface area contributed by atoms with Crippen molar-refractivity contribution in [2.45, 2.75) is 134 Å². The first-order valence-electron chi connectivity index (χ1n) is 13.9.